The lowest BCUT2D eigenvalue weighted by Gasteiger charge is -2.18. The summed E-state index contributed by atoms with van der Waals surface area (Å²) in [6.07, 6.45) is 4.49. The van der Waals surface area contributed by atoms with Gasteiger partial charge in [-0.1, -0.05) is 6.07 Å². The molecule has 0 bridgehead atoms. The summed E-state index contributed by atoms with van der Waals surface area (Å²) in [6, 6.07) is 6.85. The van der Waals surface area contributed by atoms with Crippen molar-refractivity contribution in [3.63, 3.8) is 0 Å². The number of pyridine rings is 1. The lowest BCUT2D eigenvalue weighted by atomic mass is 10.2. The summed E-state index contributed by atoms with van der Waals surface area (Å²) in [4.78, 5) is 7.01. The van der Waals surface area contributed by atoms with Crippen LogP contribution in [0.15, 0.2) is 24.4 Å². The molecule has 0 amide bonds. The van der Waals surface area contributed by atoms with E-state index in [9.17, 15) is 0 Å². The highest BCUT2D eigenvalue weighted by Crippen LogP contribution is 2.30. The first kappa shape index (κ1) is 9.85. The second-order valence-corrected chi connectivity index (χ2v) is 4.68. The fourth-order valence-electron chi connectivity index (χ4n) is 2.71. The van der Waals surface area contributed by atoms with Gasteiger partial charge in [-0.3, -0.25) is 9.30 Å². The van der Waals surface area contributed by atoms with E-state index in [1.807, 2.05) is 6.20 Å². The van der Waals surface area contributed by atoms with Crippen LogP contribution in [0.5, 0.6) is 0 Å². The second-order valence-electron chi connectivity index (χ2n) is 4.68. The van der Waals surface area contributed by atoms with Gasteiger partial charge in [0, 0.05) is 5.69 Å². The maximum absolute atomic E-state index is 4.61. The van der Waals surface area contributed by atoms with Gasteiger partial charge < -0.3 is 0 Å². The molecule has 16 heavy (non-hydrogen) atoms. The zero-order chi connectivity index (χ0) is 11.1. The van der Waals surface area contributed by atoms with Crippen LogP contribution in [0.2, 0.25) is 0 Å². The number of fused-ring (bicyclic) bond motifs is 1. The standard InChI is InChI=1S/C13H17N3/c1-10-5-3-6-11-9-14-13(16(10)11)12-7-4-8-15(12)2/h3,5-6,9,12H,4,7-8H2,1-2H3. The number of hydrogen-bond acceptors (Lipinski definition) is 2. The summed E-state index contributed by atoms with van der Waals surface area (Å²) in [5, 5.41) is 0. The van der Waals surface area contributed by atoms with Gasteiger partial charge >= 0.3 is 0 Å². The third kappa shape index (κ3) is 1.35. The van der Waals surface area contributed by atoms with Crippen molar-refractivity contribution in [1.29, 1.82) is 0 Å². The minimum absolute atomic E-state index is 0.489. The summed E-state index contributed by atoms with van der Waals surface area (Å²) < 4.78 is 2.28. The number of aryl methyl sites for hydroxylation is 1. The van der Waals surface area contributed by atoms with E-state index < -0.39 is 0 Å². The maximum atomic E-state index is 4.61. The van der Waals surface area contributed by atoms with Crippen LogP contribution in [-0.4, -0.2) is 27.9 Å². The molecule has 3 heterocycles. The van der Waals surface area contributed by atoms with Gasteiger partial charge in [0.2, 0.25) is 0 Å². The van der Waals surface area contributed by atoms with E-state index in [4.69, 9.17) is 0 Å². The number of rotatable bonds is 1. The molecule has 2 aromatic heterocycles. The number of imidazole rings is 1. The Morgan fingerprint density at radius 1 is 1.38 bits per heavy atom. The summed E-state index contributed by atoms with van der Waals surface area (Å²) in [5.74, 6) is 1.20. The van der Waals surface area contributed by atoms with E-state index >= 15 is 0 Å². The molecule has 0 saturated carbocycles. The van der Waals surface area contributed by atoms with Gasteiger partial charge in [-0.2, -0.15) is 0 Å². The first-order valence-corrected chi connectivity index (χ1v) is 5.90. The average Bonchev–Trinajstić information content (AvgIpc) is 2.84. The molecule has 1 aliphatic heterocycles. The molecule has 84 valence electrons. The van der Waals surface area contributed by atoms with Crippen molar-refractivity contribution in [3.05, 3.63) is 35.9 Å². The van der Waals surface area contributed by atoms with Crippen molar-refractivity contribution in [1.82, 2.24) is 14.3 Å². The molecule has 0 radical (unpaired) electrons. The molecule has 1 saturated heterocycles. The highest BCUT2D eigenvalue weighted by molar-refractivity contribution is 5.47. The van der Waals surface area contributed by atoms with E-state index in [0.29, 0.717) is 6.04 Å². The molecule has 3 heteroatoms. The van der Waals surface area contributed by atoms with Crippen LogP contribution in [0.4, 0.5) is 0 Å². The van der Waals surface area contributed by atoms with Crippen molar-refractivity contribution in [2.24, 2.45) is 0 Å². The Bertz CT molecular complexity index is 515. The molecule has 0 N–H and O–H groups in total. The normalized spacial score (nSPS) is 22.0. The van der Waals surface area contributed by atoms with Crippen LogP contribution in [0, 0.1) is 6.92 Å². The molecule has 0 aliphatic carbocycles. The highest BCUT2D eigenvalue weighted by Gasteiger charge is 2.26. The van der Waals surface area contributed by atoms with Gasteiger partial charge in [0.1, 0.15) is 5.82 Å². The zero-order valence-electron chi connectivity index (χ0n) is 9.85. The lowest BCUT2D eigenvalue weighted by Crippen LogP contribution is -2.20. The molecule has 3 rings (SSSR count). The van der Waals surface area contributed by atoms with Crippen molar-refractivity contribution >= 4 is 5.52 Å². The fourth-order valence-corrected chi connectivity index (χ4v) is 2.71. The predicted molar refractivity (Wildman–Crippen MR) is 64.5 cm³/mol. The highest BCUT2D eigenvalue weighted by atomic mass is 15.2. The third-order valence-electron chi connectivity index (χ3n) is 3.59. The topological polar surface area (TPSA) is 20.5 Å². The minimum atomic E-state index is 0.489. The minimum Gasteiger partial charge on any atom is -0.300 e. The van der Waals surface area contributed by atoms with Crippen LogP contribution >= 0.6 is 0 Å². The van der Waals surface area contributed by atoms with Crippen molar-refractivity contribution in [2.45, 2.75) is 25.8 Å². The van der Waals surface area contributed by atoms with E-state index in [1.165, 1.54) is 36.4 Å². The number of hydrogen-bond donors (Lipinski definition) is 0. The van der Waals surface area contributed by atoms with E-state index in [-0.39, 0.29) is 0 Å². The van der Waals surface area contributed by atoms with Crippen molar-refractivity contribution in [2.75, 3.05) is 13.6 Å². The Morgan fingerprint density at radius 2 is 2.25 bits per heavy atom. The average molecular weight is 215 g/mol. The SMILES string of the molecule is Cc1cccc2cnc(C3CCCN3C)n12. The molecule has 1 aliphatic rings. The molecule has 0 spiro atoms. The molecule has 2 aromatic rings. The largest absolute Gasteiger partial charge is 0.300 e. The van der Waals surface area contributed by atoms with Crippen LogP contribution in [-0.2, 0) is 0 Å². The first-order valence-electron chi connectivity index (χ1n) is 5.90. The third-order valence-corrected chi connectivity index (χ3v) is 3.59. The zero-order valence-corrected chi connectivity index (χ0v) is 9.85. The Labute approximate surface area is 95.7 Å². The monoisotopic (exact) mass is 215 g/mol. The van der Waals surface area contributed by atoms with E-state index in [1.54, 1.807) is 0 Å². The van der Waals surface area contributed by atoms with Crippen LogP contribution < -0.4 is 0 Å². The van der Waals surface area contributed by atoms with Gasteiger partial charge in [-0.25, -0.2) is 4.98 Å². The van der Waals surface area contributed by atoms with Crippen molar-refractivity contribution in [3.8, 4) is 0 Å². The van der Waals surface area contributed by atoms with Crippen LogP contribution in [0.25, 0.3) is 5.52 Å². The fraction of sp³-hybridized carbons (Fsp3) is 0.462. The number of likely N-dealkylation sites (tertiary alicyclic amines) is 1. The molecule has 1 atom stereocenters. The Kier molecular flexibility index (Phi) is 2.21. The number of aromatic nitrogens is 2. The van der Waals surface area contributed by atoms with Gasteiger partial charge in [-0.05, 0) is 45.5 Å². The summed E-state index contributed by atoms with van der Waals surface area (Å²) in [6.45, 7) is 3.33. The number of nitrogens with zero attached hydrogens (tertiary/aromatic N) is 3. The Morgan fingerprint density at radius 3 is 3.00 bits per heavy atom. The second kappa shape index (κ2) is 3.59. The molecular formula is C13H17N3. The summed E-state index contributed by atoms with van der Waals surface area (Å²) >= 11 is 0. The Hall–Kier alpha value is -1.35. The summed E-state index contributed by atoms with van der Waals surface area (Å²) in [5.41, 5.74) is 2.47. The summed E-state index contributed by atoms with van der Waals surface area (Å²) in [7, 11) is 2.19. The van der Waals surface area contributed by atoms with E-state index in [0.717, 1.165) is 0 Å². The quantitative estimate of drug-likeness (QED) is 0.728. The molecule has 1 fully saturated rings. The first-order chi connectivity index (χ1) is 7.77. The Balaban J connectivity index is 2.16. The molecule has 0 aromatic carbocycles. The lowest BCUT2D eigenvalue weighted by molar-refractivity contribution is 0.304. The van der Waals surface area contributed by atoms with E-state index in [2.05, 4.69) is 46.5 Å². The molecule has 1 unspecified atom stereocenters. The van der Waals surface area contributed by atoms with Gasteiger partial charge in [0.15, 0.2) is 0 Å². The predicted octanol–water partition coefficient (Wildman–Crippen LogP) is 2.41. The van der Waals surface area contributed by atoms with Gasteiger partial charge in [0.25, 0.3) is 0 Å². The van der Waals surface area contributed by atoms with Gasteiger partial charge in [-0.15, -0.1) is 0 Å². The van der Waals surface area contributed by atoms with Crippen LogP contribution in [0.3, 0.4) is 0 Å². The molecule has 3 nitrogen and oxygen atoms in total. The van der Waals surface area contributed by atoms with Crippen molar-refractivity contribution < 1.29 is 0 Å². The maximum Gasteiger partial charge on any atom is 0.130 e. The molecular weight excluding hydrogens is 198 g/mol. The smallest absolute Gasteiger partial charge is 0.130 e. The van der Waals surface area contributed by atoms with Gasteiger partial charge in [0.05, 0.1) is 17.8 Å². The van der Waals surface area contributed by atoms with Crippen LogP contribution in [0.1, 0.15) is 30.4 Å².